The Morgan fingerprint density at radius 1 is 1.25 bits per heavy atom. The van der Waals surface area contributed by atoms with Gasteiger partial charge in [0.1, 0.15) is 0 Å². The number of thiazole rings is 1. The highest BCUT2D eigenvalue weighted by Crippen LogP contribution is 2.26. The Balaban J connectivity index is 1.98. The Morgan fingerprint density at radius 3 is 2.54 bits per heavy atom. The predicted molar refractivity (Wildman–Crippen MR) is 108 cm³/mol. The van der Waals surface area contributed by atoms with Crippen LogP contribution in [-0.2, 0) is 6.54 Å². The second-order valence-electron chi connectivity index (χ2n) is 6.04. The summed E-state index contributed by atoms with van der Waals surface area (Å²) in [5.74, 6) is 0.439. The van der Waals surface area contributed by atoms with Gasteiger partial charge in [0, 0.05) is 18.5 Å². The van der Waals surface area contributed by atoms with Crippen molar-refractivity contribution in [1.29, 1.82) is 0 Å². The summed E-state index contributed by atoms with van der Waals surface area (Å²) in [6.07, 6.45) is 0. The monoisotopic (exact) mass is 362 g/mol. The fourth-order valence-corrected chi connectivity index (χ4v) is 3.78. The van der Waals surface area contributed by atoms with Crippen LogP contribution < -0.4 is 16.0 Å². The first-order chi connectivity index (χ1) is 11.4. The van der Waals surface area contributed by atoms with E-state index in [2.05, 4.69) is 66.8 Å². The number of hydrogen-bond acceptors (Lipinski definition) is 4. The molecule has 1 aromatic heterocycles. The van der Waals surface area contributed by atoms with Gasteiger partial charge in [-0.05, 0) is 55.6 Å². The Kier molecular flexibility index (Phi) is 6.57. The minimum absolute atomic E-state index is 0.439. The minimum atomic E-state index is 0.439. The number of nitrogens with zero attached hydrogens (tertiary/aromatic N) is 1. The lowest BCUT2D eigenvalue weighted by atomic mass is 9.92. The van der Waals surface area contributed by atoms with Crippen molar-refractivity contribution >= 4 is 33.8 Å². The van der Waals surface area contributed by atoms with Crippen LogP contribution in [0.4, 0.5) is 5.13 Å². The van der Waals surface area contributed by atoms with Crippen LogP contribution in [-0.4, -0.2) is 23.7 Å². The number of hydrogen-bond donors (Lipinski definition) is 3. The molecular weight excluding hydrogens is 336 g/mol. The average Bonchev–Trinajstić information content (AvgIpc) is 2.90. The number of anilines is 1. The SMILES string of the molecule is CNC(=S)NCc1nc(NCC(C)c2c(C)cccc2C)sc1C. The molecule has 0 aliphatic carbocycles. The van der Waals surface area contributed by atoms with Crippen molar-refractivity contribution in [2.45, 2.75) is 40.2 Å². The van der Waals surface area contributed by atoms with Crippen molar-refractivity contribution in [3.8, 4) is 0 Å². The molecule has 0 aliphatic rings. The Morgan fingerprint density at radius 2 is 1.92 bits per heavy atom. The molecule has 0 saturated carbocycles. The summed E-state index contributed by atoms with van der Waals surface area (Å²) in [4.78, 5) is 5.90. The quantitative estimate of drug-likeness (QED) is 0.681. The summed E-state index contributed by atoms with van der Waals surface area (Å²) in [5, 5.41) is 11.2. The van der Waals surface area contributed by atoms with E-state index in [0.717, 1.165) is 17.4 Å². The minimum Gasteiger partial charge on any atom is -0.366 e. The van der Waals surface area contributed by atoms with E-state index in [-0.39, 0.29) is 0 Å². The fraction of sp³-hybridized carbons (Fsp3) is 0.444. The average molecular weight is 363 g/mol. The highest BCUT2D eigenvalue weighted by atomic mass is 32.1. The van der Waals surface area contributed by atoms with Crippen LogP contribution in [0.1, 0.15) is 40.1 Å². The summed E-state index contributed by atoms with van der Waals surface area (Å²) in [6, 6.07) is 6.48. The first-order valence-electron chi connectivity index (χ1n) is 8.14. The Bertz CT molecular complexity index is 689. The maximum atomic E-state index is 5.11. The molecule has 0 radical (unpaired) electrons. The van der Waals surface area contributed by atoms with Crippen molar-refractivity contribution in [2.75, 3.05) is 18.9 Å². The van der Waals surface area contributed by atoms with Crippen LogP contribution in [0, 0.1) is 20.8 Å². The molecule has 24 heavy (non-hydrogen) atoms. The second-order valence-corrected chi connectivity index (χ2v) is 7.65. The van der Waals surface area contributed by atoms with Crippen molar-refractivity contribution in [3.63, 3.8) is 0 Å². The third-order valence-corrected chi connectivity index (χ3v) is 5.45. The smallest absolute Gasteiger partial charge is 0.183 e. The van der Waals surface area contributed by atoms with E-state index < -0.39 is 0 Å². The number of aromatic nitrogens is 1. The molecule has 4 nitrogen and oxygen atoms in total. The number of rotatable bonds is 6. The van der Waals surface area contributed by atoms with Gasteiger partial charge in [0.2, 0.25) is 0 Å². The summed E-state index contributed by atoms with van der Waals surface area (Å²) in [6.45, 7) is 10.2. The van der Waals surface area contributed by atoms with Crippen molar-refractivity contribution < 1.29 is 0 Å². The van der Waals surface area contributed by atoms with E-state index in [0.29, 0.717) is 17.6 Å². The summed E-state index contributed by atoms with van der Waals surface area (Å²) >= 11 is 6.80. The van der Waals surface area contributed by atoms with Gasteiger partial charge in [0.15, 0.2) is 10.2 Å². The molecule has 1 aromatic carbocycles. The zero-order valence-corrected chi connectivity index (χ0v) is 16.6. The van der Waals surface area contributed by atoms with Gasteiger partial charge in [-0.1, -0.05) is 25.1 Å². The van der Waals surface area contributed by atoms with Gasteiger partial charge >= 0.3 is 0 Å². The first-order valence-corrected chi connectivity index (χ1v) is 9.36. The highest BCUT2D eigenvalue weighted by molar-refractivity contribution is 7.80. The van der Waals surface area contributed by atoms with Gasteiger partial charge in [-0.2, -0.15) is 0 Å². The predicted octanol–water partition coefficient (Wildman–Crippen LogP) is 3.88. The van der Waals surface area contributed by atoms with Gasteiger partial charge < -0.3 is 16.0 Å². The van der Waals surface area contributed by atoms with Crippen LogP contribution in [0.15, 0.2) is 18.2 Å². The molecule has 1 heterocycles. The number of aryl methyl sites for hydroxylation is 3. The van der Waals surface area contributed by atoms with Gasteiger partial charge in [-0.15, -0.1) is 11.3 Å². The van der Waals surface area contributed by atoms with Crippen LogP contribution in [0.5, 0.6) is 0 Å². The summed E-state index contributed by atoms with van der Waals surface area (Å²) in [7, 11) is 1.81. The Labute approximate surface area is 154 Å². The third-order valence-electron chi connectivity index (χ3n) is 4.13. The highest BCUT2D eigenvalue weighted by Gasteiger charge is 2.13. The molecule has 0 bridgehead atoms. The normalized spacial score (nSPS) is 11.9. The largest absolute Gasteiger partial charge is 0.366 e. The fourth-order valence-electron chi connectivity index (χ4n) is 2.87. The van der Waals surface area contributed by atoms with E-state index in [1.165, 1.54) is 21.6 Å². The number of nitrogens with one attached hydrogen (secondary N) is 3. The van der Waals surface area contributed by atoms with Crippen LogP contribution in [0.3, 0.4) is 0 Å². The molecule has 2 aromatic rings. The number of thiocarbonyl (C=S) groups is 1. The van der Waals surface area contributed by atoms with E-state index in [1.807, 2.05) is 7.05 Å². The van der Waals surface area contributed by atoms with E-state index in [4.69, 9.17) is 12.2 Å². The maximum Gasteiger partial charge on any atom is 0.183 e. The van der Waals surface area contributed by atoms with Crippen molar-refractivity contribution in [2.24, 2.45) is 0 Å². The van der Waals surface area contributed by atoms with E-state index in [9.17, 15) is 0 Å². The zero-order chi connectivity index (χ0) is 17.7. The second kappa shape index (κ2) is 8.44. The molecule has 130 valence electrons. The van der Waals surface area contributed by atoms with Gasteiger partial charge in [-0.3, -0.25) is 0 Å². The lowest BCUT2D eigenvalue weighted by Crippen LogP contribution is -2.32. The maximum absolute atomic E-state index is 5.11. The molecule has 3 N–H and O–H groups in total. The van der Waals surface area contributed by atoms with Gasteiger partial charge in [0.05, 0.1) is 12.2 Å². The van der Waals surface area contributed by atoms with Gasteiger partial charge in [0.25, 0.3) is 0 Å². The molecule has 0 amide bonds. The zero-order valence-electron chi connectivity index (χ0n) is 15.0. The topological polar surface area (TPSA) is 49.0 Å². The first kappa shape index (κ1) is 18.7. The lowest BCUT2D eigenvalue weighted by molar-refractivity contribution is 0.787. The van der Waals surface area contributed by atoms with Crippen molar-refractivity contribution in [3.05, 3.63) is 45.5 Å². The van der Waals surface area contributed by atoms with Gasteiger partial charge in [-0.25, -0.2) is 4.98 Å². The van der Waals surface area contributed by atoms with Crippen LogP contribution >= 0.6 is 23.6 Å². The van der Waals surface area contributed by atoms with Crippen LogP contribution in [0.2, 0.25) is 0 Å². The standard InChI is InChI=1S/C18H26N4S2/c1-11-7-6-8-12(2)16(11)13(3)9-21-18-22-15(14(4)24-18)10-20-17(23)19-5/h6-8,13H,9-10H2,1-5H3,(H,21,22)(H2,19,20,23). The molecule has 1 unspecified atom stereocenters. The third kappa shape index (κ3) is 4.68. The van der Waals surface area contributed by atoms with E-state index in [1.54, 1.807) is 11.3 Å². The van der Waals surface area contributed by atoms with Crippen LogP contribution in [0.25, 0.3) is 0 Å². The molecule has 0 aliphatic heterocycles. The molecule has 0 spiro atoms. The molecule has 0 fully saturated rings. The molecular formula is C18H26N4S2. The molecule has 0 saturated heterocycles. The molecule has 6 heteroatoms. The van der Waals surface area contributed by atoms with Crippen molar-refractivity contribution in [1.82, 2.24) is 15.6 Å². The molecule has 2 rings (SSSR count). The lowest BCUT2D eigenvalue weighted by Gasteiger charge is -2.17. The Hall–Kier alpha value is -1.66. The van der Waals surface area contributed by atoms with E-state index >= 15 is 0 Å². The molecule has 1 atom stereocenters. The number of benzene rings is 1. The summed E-state index contributed by atoms with van der Waals surface area (Å²) < 4.78 is 0. The summed E-state index contributed by atoms with van der Waals surface area (Å²) in [5.41, 5.74) is 5.18.